The Labute approximate surface area is 144 Å². The molecule has 0 bridgehead atoms. The Morgan fingerprint density at radius 1 is 1.25 bits per heavy atom. The van der Waals surface area contributed by atoms with E-state index in [0.29, 0.717) is 12.0 Å². The van der Waals surface area contributed by atoms with E-state index >= 15 is 0 Å². The lowest BCUT2D eigenvalue weighted by atomic mass is 9.81. The number of alkyl halides is 2. The molecule has 1 N–H and O–H groups in total. The van der Waals surface area contributed by atoms with Gasteiger partial charge in [-0.1, -0.05) is 0 Å². The van der Waals surface area contributed by atoms with Crippen molar-refractivity contribution >= 4 is 28.6 Å². The van der Waals surface area contributed by atoms with Gasteiger partial charge in [-0.2, -0.15) is 11.8 Å². The summed E-state index contributed by atoms with van der Waals surface area (Å²) in [4.78, 5) is 14.1. The van der Waals surface area contributed by atoms with E-state index in [4.69, 9.17) is 0 Å². The molecular formula is C17H22F2N4S. The van der Waals surface area contributed by atoms with Gasteiger partial charge in [0.2, 0.25) is 5.92 Å². The number of halogens is 2. The van der Waals surface area contributed by atoms with E-state index < -0.39 is 5.92 Å². The molecule has 0 amide bonds. The Morgan fingerprint density at radius 2 is 2.00 bits per heavy atom. The monoisotopic (exact) mass is 352 g/mol. The van der Waals surface area contributed by atoms with Gasteiger partial charge in [0, 0.05) is 32.1 Å². The Hall–Kier alpha value is -1.37. The molecule has 2 aliphatic carbocycles. The first-order valence-corrected chi connectivity index (χ1v) is 9.64. The van der Waals surface area contributed by atoms with Crippen molar-refractivity contribution in [1.29, 1.82) is 0 Å². The lowest BCUT2D eigenvalue weighted by Gasteiger charge is -2.42. The molecule has 0 unspecified atom stereocenters. The lowest BCUT2D eigenvalue weighted by Crippen LogP contribution is -2.44. The molecule has 0 aromatic carbocycles. The standard InChI is InChI=1S/C17H22F2N4S/c1-23(16-14-2-3-20-15(14)21-10-22-16)13-4-11(5-13)8-24-9-12-6-17(18,19)7-12/h2-3,10-13H,4-9H2,1H3,(H,20,21,22)/t11-,13+. The molecule has 2 aromatic heterocycles. The van der Waals surface area contributed by atoms with E-state index in [2.05, 4.69) is 26.9 Å². The Morgan fingerprint density at radius 3 is 2.75 bits per heavy atom. The summed E-state index contributed by atoms with van der Waals surface area (Å²) in [5, 5.41) is 1.06. The van der Waals surface area contributed by atoms with Crippen molar-refractivity contribution in [2.75, 3.05) is 23.5 Å². The molecule has 0 saturated heterocycles. The summed E-state index contributed by atoms with van der Waals surface area (Å²) in [5.41, 5.74) is 0.871. The van der Waals surface area contributed by atoms with Crippen molar-refractivity contribution in [3.63, 3.8) is 0 Å². The summed E-state index contributed by atoms with van der Waals surface area (Å²) in [6.07, 6.45) is 5.99. The van der Waals surface area contributed by atoms with Crippen LogP contribution in [0.5, 0.6) is 0 Å². The smallest absolute Gasteiger partial charge is 0.248 e. The number of hydrogen-bond acceptors (Lipinski definition) is 4. The van der Waals surface area contributed by atoms with Gasteiger partial charge in [0.15, 0.2) is 0 Å². The second-order valence-electron chi connectivity index (χ2n) is 7.21. The average Bonchev–Trinajstić information content (AvgIpc) is 2.95. The highest BCUT2D eigenvalue weighted by molar-refractivity contribution is 7.99. The van der Waals surface area contributed by atoms with Crippen molar-refractivity contribution < 1.29 is 8.78 Å². The zero-order chi connectivity index (χ0) is 16.7. The van der Waals surface area contributed by atoms with Gasteiger partial charge in [-0.05, 0) is 42.2 Å². The minimum Gasteiger partial charge on any atom is -0.356 e. The molecule has 24 heavy (non-hydrogen) atoms. The predicted octanol–water partition coefficient (Wildman–Crippen LogP) is 3.95. The Kier molecular flexibility index (Phi) is 4.14. The van der Waals surface area contributed by atoms with E-state index in [1.54, 1.807) is 6.33 Å². The number of aromatic nitrogens is 3. The first-order valence-electron chi connectivity index (χ1n) is 8.48. The number of aromatic amines is 1. The molecular weight excluding hydrogens is 330 g/mol. The van der Waals surface area contributed by atoms with Crippen molar-refractivity contribution in [3.05, 3.63) is 18.6 Å². The number of nitrogens with zero attached hydrogens (tertiary/aromatic N) is 3. The number of anilines is 1. The molecule has 0 radical (unpaired) electrons. The molecule has 2 aliphatic rings. The molecule has 0 aliphatic heterocycles. The topological polar surface area (TPSA) is 44.8 Å². The fourth-order valence-electron chi connectivity index (χ4n) is 3.77. The highest BCUT2D eigenvalue weighted by atomic mass is 32.2. The average molecular weight is 352 g/mol. The van der Waals surface area contributed by atoms with Gasteiger partial charge in [-0.15, -0.1) is 0 Å². The summed E-state index contributed by atoms with van der Waals surface area (Å²) < 4.78 is 25.6. The zero-order valence-corrected chi connectivity index (χ0v) is 14.5. The minimum atomic E-state index is -2.38. The van der Waals surface area contributed by atoms with Gasteiger partial charge in [0.25, 0.3) is 0 Å². The van der Waals surface area contributed by atoms with Crippen LogP contribution in [0.1, 0.15) is 25.7 Å². The zero-order valence-electron chi connectivity index (χ0n) is 13.7. The van der Waals surface area contributed by atoms with E-state index in [0.717, 1.165) is 41.2 Å². The van der Waals surface area contributed by atoms with Gasteiger partial charge in [0.1, 0.15) is 17.8 Å². The van der Waals surface area contributed by atoms with Gasteiger partial charge < -0.3 is 9.88 Å². The Balaban J connectivity index is 1.23. The fourth-order valence-corrected chi connectivity index (χ4v) is 5.08. The fraction of sp³-hybridized carbons (Fsp3) is 0.647. The normalized spacial score (nSPS) is 26.1. The summed E-state index contributed by atoms with van der Waals surface area (Å²) in [6.45, 7) is 0. The van der Waals surface area contributed by atoms with E-state index in [1.165, 1.54) is 0 Å². The van der Waals surface area contributed by atoms with Crippen LogP contribution in [0.2, 0.25) is 0 Å². The highest BCUT2D eigenvalue weighted by Crippen LogP contribution is 2.44. The van der Waals surface area contributed by atoms with Crippen LogP contribution in [0, 0.1) is 11.8 Å². The first kappa shape index (κ1) is 16.1. The number of hydrogen-bond donors (Lipinski definition) is 1. The van der Waals surface area contributed by atoms with Crippen molar-refractivity contribution in [3.8, 4) is 0 Å². The second-order valence-corrected chi connectivity index (χ2v) is 8.28. The lowest BCUT2D eigenvalue weighted by molar-refractivity contribution is -0.103. The van der Waals surface area contributed by atoms with E-state index in [-0.39, 0.29) is 18.8 Å². The van der Waals surface area contributed by atoms with Crippen molar-refractivity contribution in [1.82, 2.24) is 15.0 Å². The van der Waals surface area contributed by atoms with Crippen LogP contribution in [0.4, 0.5) is 14.6 Å². The van der Waals surface area contributed by atoms with Crippen LogP contribution in [-0.4, -0.2) is 45.5 Å². The van der Waals surface area contributed by atoms with Crippen LogP contribution in [0.3, 0.4) is 0 Å². The molecule has 2 aromatic rings. The molecule has 0 atom stereocenters. The van der Waals surface area contributed by atoms with E-state index in [1.807, 2.05) is 24.0 Å². The van der Waals surface area contributed by atoms with Crippen molar-refractivity contribution in [2.24, 2.45) is 11.8 Å². The van der Waals surface area contributed by atoms with Gasteiger partial charge in [0.05, 0.1) is 5.39 Å². The molecule has 7 heteroatoms. The van der Waals surface area contributed by atoms with Gasteiger partial charge in [-0.25, -0.2) is 18.7 Å². The molecule has 0 spiro atoms. The maximum atomic E-state index is 12.8. The molecule has 130 valence electrons. The Bertz CT molecular complexity index is 705. The summed E-state index contributed by atoms with van der Waals surface area (Å²) in [7, 11) is 2.10. The maximum Gasteiger partial charge on any atom is 0.248 e. The van der Waals surface area contributed by atoms with E-state index in [9.17, 15) is 8.78 Å². The number of H-pyrrole nitrogens is 1. The molecule has 4 rings (SSSR count). The van der Waals surface area contributed by atoms with Gasteiger partial charge >= 0.3 is 0 Å². The van der Waals surface area contributed by atoms with Crippen LogP contribution >= 0.6 is 11.8 Å². The third-order valence-electron chi connectivity index (χ3n) is 5.31. The number of nitrogens with one attached hydrogen (secondary N) is 1. The van der Waals surface area contributed by atoms with Crippen molar-refractivity contribution in [2.45, 2.75) is 37.6 Å². The molecule has 2 heterocycles. The van der Waals surface area contributed by atoms with Crippen LogP contribution in [-0.2, 0) is 0 Å². The molecule has 2 saturated carbocycles. The second kappa shape index (κ2) is 6.17. The summed E-state index contributed by atoms with van der Waals surface area (Å²) in [5.74, 6) is 1.52. The highest BCUT2D eigenvalue weighted by Gasteiger charge is 2.45. The minimum absolute atomic E-state index is 0.0937. The van der Waals surface area contributed by atoms with Crippen LogP contribution in [0.15, 0.2) is 18.6 Å². The predicted molar refractivity (Wildman–Crippen MR) is 93.8 cm³/mol. The molecule has 4 nitrogen and oxygen atoms in total. The third-order valence-corrected chi connectivity index (χ3v) is 6.72. The van der Waals surface area contributed by atoms with Crippen LogP contribution < -0.4 is 4.90 Å². The molecule has 2 fully saturated rings. The first-order chi connectivity index (χ1) is 11.5. The summed E-state index contributed by atoms with van der Waals surface area (Å²) >= 11 is 1.85. The number of thioether (sulfide) groups is 1. The number of rotatable bonds is 6. The van der Waals surface area contributed by atoms with Crippen LogP contribution in [0.25, 0.3) is 11.0 Å². The SMILES string of the molecule is CN(c1ncnc2[nH]ccc12)[C@H]1C[C@@H](CSCC2CC(F)(F)C2)C1. The summed E-state index contributed by atoms with van der Waals surface area (Å²) in [6, 6.07) is 2.53. The quantitative estimate of drug-likeness (QED) is 0.855. The van der Waals surface area contributed by atoms with Gasteiger partial charge in [-0.3, -0.25) is 0 Å². The third kappa shape index (κ3) is 3.10. The number of fused-ring (bicyclic) bond motifs is 1. The largest absolute Gasteiger partial charge is 0.356 e. The maximum absolute atomic E-state index is 12.8.